The highest BCUT2D eigenvalue weighted by Crippen LogP contribution is 2.63. The molecule has 1 aromatic heterocycles. The normalized spacial score (nSPS) is 13.4. The number of rotatable bonds is 8. The SMILES string of the molecule is [2H]c1c([2H])c(N(c2ccccc2)c2ccc3ccccc3c2)c([2H])c([2H])c1-c1ccc2cc(N(c3ccc4c(c3)C3(c5ccccc5-c5ccccc53)c3ccccc3-4)c3ccc4c5ccccc5n(-c5ccccc5)c4c3)ccc2c1. The lowest BCUT2D eigenvalue weighted by Gasteiger charge is -2.32. The fraction of sp³-hybridized carbons (Fsp3) is 0.0133. The van der Waals surface area contributed by atoms with E-state index < -0.39 is 5.41 Å². The molecular formula is C75H49N3. The maximum atomic E-state index is 9.63. The van der Waals surface area contributed by atoms with Crippen LogP contribution in [-0.4, -0.2) is 4.57 Å². The van der Waals surface area contributed by atoms with Gasteiger partial charge in [-0.2, -0.15) is 0 Å². The van der Waals surface area contributed by atoms with Crippen LogP contribution in [0.25, 0.3) is 82.4 Å². The second-order valence-electron chi connectivity index (χ2n) is 20.5. The zero-order valence-electron chi connectivity index (χ0n) is 46.3. The molecule has 1 heterocycles. The van der Waals surface area contributed by atoms with Crippen molar-refractivity contribution >= 4 is 77.5 Å². The Morgan fingerprint density at radius 1 is 0.282 bits per heavy atom. The molecular weight excluding hydrogens is 943 g/mol. The van der Waals surface area contributed by atoms with Crippen LogP contribution in [0.4, 0.5) is 34.1 Å². The monoisotopic (exact) mass is 995 g/mol. The summed E-state index contributed by atoms with van der Waals surface area (Å²) in [6.07, 6.45) is 0. The van der Waals surface area contributed by atoms with Gasteiger partial charge in [-0.1, -0.05) is 200 Å². The quantitative estimate of drug-likeness (QED) is 0.150. The molecule has 0 radical (unpaired) electrons. The van der Waals surface area contributed by atoms with Gasteiger partial charge in [-0.3, -0.25) is 0 Å². The van der Waals surface area contributed by atoms with E-state index in [-0.39, 0.29) is 35.4 Å². The Morgan fingerprint density at radius 2 is 0.756 bits per heavy atom. The highest BCUT2D eigenvalue weighted by molar-refractivity contribution is 6.11. The molecule has 0 atom stereocenters. The smallest absolute Gasteiger partial charge is 0.0726 e. The van der Waals surface area contributed by atoms with Crippen molar-refractivity contribution in [3.8, 4) is 39.1 Å². The van der Waals surface area contributed by atoms with Gasteiger partial charge in [0.1, 0.15) is 0 Å². The molecule has 16 rings (SSSR count). The first-order chi connectivity index (χ1) is 40.3. The second kappa shape index (κ2) is 17.4. The highest BCUT2D eigenvalue weighted by Gasteiger charge is 2.51. The molecule has 3 heteroatoms. The van der Waals surface area contributed by atoms with Crippen LogP contribution in [0, 0.1) is 0 Å². The van der Waals surface area contributed by atoms with Gasteiger partial charge in [0.2, 0.25) is 0 Å². The molecule has 14 aromatic rings. The van der Waals surface area contributed by atoms with Crippen LogP contribution in [-0.2, 0) is 5.41 Å². The van der Waals surface area contributed by atoms with Gasteiger partial charge in [0.15, 0.2) is 0 Å². The van der Waals surface area contributed by atoms with Crippen molar-refractivity contribution in [3.63, 3.8) is 0 Å². The van der Waals surface area contributed by atoms with E-state index in [1.54, 1.807) is 0 Å². The molecule has 13 aromatic carbocycles. The molecule has 0 saturated carbocycles. The molecule has 0 unspecified atom stereocenters. The van der Waals surface area contributed by atoms with Crippen LogP contribution in [0.3, 0.4) is 0 Å². The zero-order chi connectivity index (χ0) is 54.8. The third-order valence-electron chi connectivity index (χ3n) is 16.4. The van der Waals surface area contributed by atoms with Gasteiger partial charge in [-0.15, -0.1) is 0 Å². The molecule has 0 fully saturated rings. The van der Waals surface area contributed by atoms with Crippen LogP contribution >= 0.6 is 0 Å². The molecule has 364 valence electrons. The lowest BCUT2D eigenvalue weighted by atomic mass is 9.70. The number of hydrogen-bond acceptors (Lipinski definition) is 2. The fourth-order valence-electron chi connectivity index (χ4n) is 13.0. The predicted octanol–water partition coefficient (Wildman–Crippen LogP) is 20.0. The Balaban J connectivity index is 0.870. The number of nitrogens with zero attached hydrogens (tertiary/aromatic N) is 3. The summed E-state index contributed by atoms with van der Waals surface area (Å²) in [5, 5.41) is 6.31. The van der Waals surface area contributed by atoms with Gasteiger partial charge in [-0.25, -0.2) is 0 Å². The molecule has 78 heavy (non-hydrogen) atoms. The van der Waals surface area contributed by atoms with Crippen molar-refractivity contribution in [2.24, 2.45) is 0 Å². The summed E-state index contributed by atoms with van der Waals surface area (Å²) in [7, 11) is 0. The average Bonchev–Trinajstić information content (AvgIpc) is 2.30. The summed E-state index contributed by atoms with van der Waals surface area (Å²) >= 11 is 0. The minimum atomic E-state index is -0.538. The van der Waals surface area contributed by atoms with Crippen LogP contribution in [0.1, 0.15) is 27.7 Å². The lowest BCUT2D eigenvalue weighted by molar-refractivity contribution is 0.793. The Labute approximate surface area is 459 Å². The van der Waals surface area contributed by atoms with Gasteiger partial charge in [0.05, 0.1) is 21.9 Å². The number of hydrogen-bond donors (Lipinski definition) is 0. The standard InChI is InChI=1S/C75H49N3/c1-3-19-56(20-4-1)76(59-39-35-50-17-7-8-18-52(50)46-59)58-37-33-51(34-38-58)53-31-32-55-47-60(40-36-54(55)45-53)77(62-42-44-68-67-26-12-16-30-73(67)78(74(68)49-62)57-21-5-2-6-22-57)61-41-43-66-65-25-11-15-29-71(65)75(72(66)48-61)69-27-13-9-23-63(69)64-24-10-14-28-70(64)75/h1-49H/i33D,34D,37D,38D. The van der Waals surface area contributed by atoms with Crippen molar-refractivity contribution in [2.75, 3.05) is 9.80 Å². The topological polar surface area (TPSA) is 11.4 Å². The summed E-state index contributed by atoms with van der Waals surface area (Å²) in [6, 6.07) is 95.8. The molecule has 0 bridgehead atoms. The van der Waals surface area contributed by atoms with E-state index in [2.05, 4.69) is 204 Å². The van der Waals surface area contributed by atoms with Crippen molar-refractivity contribution < 1.29 is 5.48 Å². The van der Waals surface area contributed by atoms with E-state index in [9.17, 15) is 5.48 Å². The first-order valence-corrected chi connectivity index (χ1v) is 26.7. The molecule has 0 saturated heterocycles. The van der Waals surface area contributed by atoms with Crippen LogP contribution in [0.2, 0.25) is 0 Å². The fourth-order valence-corrected chi connectivity index (χ4v) is 13.0. The average molecular weight is 996 g/mol. The Hall–Kier alpha value is -10.2. The zero-order valence-corrected chi connectivity index (χ0v) is 42.3. The molecule has 0 aliphatic heterocycles. The second-order valence-corrected chi connectivity index (χ2v) is 20.5. The molecule has 2 aliphatic carbocycles. The molecule has 3 nitrogen and oxygen atoms in total. The van der Waals surface area contributed by atoms with Crippen molar-refractivity contribution in [1.29, 1.82) is 0 Å². The molecule has 0 amide bonds. The van der Waals surface area contributed by atoms with Crippen LogP contribution in [0.5, 0.6) is 0 Å². The predicted molar refractivity (Wildman–Crippen MR) is 327 cm³/mol. The molecule has 0 N–H and O–H groups in total. The van der Waals surface area contributed by atoms with Crippen LogP contribution < -0.4 is 9.80 Å². The largest absolute Gasteiger partial charge is 0.310 e. The van der Waals surface area contributed by atoms with Crippen LogP contribution in [0.15, 0.2) is 297 Å². The summed E-state index contributed by atoms with van der Waals surface area (Å²) in [4.78, 5) is 4.23. The molecule has 2 aliphatic rings. The lowest BCUT2D eigenvalue weighted by Crippen LogP contribution is -2.26. The number of aromatic nitrogens is 1. The van der Waals surface area contributed by atoms with E-state index in [4.69, 9.17) is 0 Å². The Bertz CT molecular complexity index is 4860. The van der Waals surface area contributed by atoms with Gasteiger partial charge >= 0.3 is 0 Å². The van der Waals surface area contributed by atoms with Gasteiger partial charge in [-0.05, 0) is 174 Å². The number of benzene rings is 13. The van der Waals surface area contributed by atoms with E-state index in [1.165, 1.54) is 55.3 Å². The summed E-state index contributed by atoms with van der Waals surface area (Å²) in [6.45, 7) is 0. The maximum Gasteiger partial charge on any atom is 0.0726 e. The third-order valence-corrected chi connectivity index (χ3v) is 16.4. The van der Waals surface area contributed by atoms with Crippen molar-refractivity contribution in [3.05, 3.63) is 319 Å². The number of para-hydroxylation sites is 3. The van der Waals surface area contributed by atoms with Crippen molar-refractivity contribution in [1.82, 2.24) is 4.57 Å². The first-order valence-electron chi connectivity index (χ1n) is 28.7. The Morgan fingerprint density at radius 3 is 1.46 bits per heavy atom. The number of anilines is 6. The van der Waals surface area contributed by atoms with E-state index in [1.807, 2.05) is 83.8 Å². The van der Waals surface area contributed by atoms with Gasteiger partial charge < -0.3 is 14.4 Å². The Kier molecular flexibility index (Phi) is 8.97. The van der Waals surface area contributed by atoms with E-state index >= 15 is 0 Å². The summed E-state index contributed by atoms with van der Waals surface area (Å²) in [5.41, 5.74) is 18.4. The van der Waals surface area contributed by atoms with Gasteiger partial charge in [0, 0.05) is 50.6 Å². The van der Waals surface area contributed by atoms with E-state index in [0.717, 1.165) is 66.7 Å². The maximum absolute atomic E-state index is 9.63. The van der Waals surface area contributed by atoms with Gasteiger partial charge in [0.25, 0.3) is 0 Å². The number of fused-ring (bicyclic) bond motifs is 15. The third kappa shape index (κ3) is 6.65. The minimum Gasteiger partial charge on any atom is -0.310 e. The first kappa shape index (κ1) is 40.1. The van der Waals surface area contributed by atoms with Crippen molar-refractivity contribution in [2.45, 2.75) is 5.41 Å². The highest BCUT2D eigenvalue weighted by atomic mass is 15.1. The van der Waals surface area contributed by atoms with E-state index in [0.29, 0.717) is 5.56 Å². The minimum absolute atomic E-state index is 0.104. The summed E-state index contributed by atoms with van der Waals surface area (Å²) in [5.74, 6) is 0. The summed E-state index contributed by atoms with van der Waals surface area (Å²) < 4.78 is 40.9. The molecule has 1 spiro atoms.